The van der Waals surface area contributed by atoms with Gasteiger partial charge in [-0.05, 0) is 47.5 Å². The summed E-state index contributed by atoms with van der Waals surface area (Å²) in [6, 6.07) is 9.36. The van der Waals surface area contributed by atoms with Crippen LogP contribution in [0.15, 0.2) is 60.5 Å². The molecular weight excluding hydrogens is 414 g/mol. The molecule has 8 nitrogen and oxygen atoms in total. The standard InChI is InChI=1S/C22H17N5O3S/c28-20(18-2-1-9-27(18)12-15-5-7-23-8-6-15)26-22-25-17(13-31-22)4-3-16-10-19-21(24-11-16)30-14-29-19/h1-11,13H,12,14H2,(H,25,26,28)/b4-3+. The number of thiazole rings is 1. The Morgan fingerprint density at radius 1 is 1.23 bits per heavy atom. The zero-order chi connectivity index (χ0) is 21.0. The number of anilines is 1. The zero-order valence-electron chi connectivity index (χ0n) is 16.3. The molecule has 9 heteroatoms. The van der Waals surface area contributed by atoms with Crippen molar-refractivity contribution in [3.63, 3.8) is 0 Å². The fourth-order valence-electron chi connectivity index (χ4n) is 3.10. The van der Waals surface area contributed by atoms with Crippen LogP contribution in [-0.2, 0) is 6.54 Å². The van der Waals surface area contributed by atoms with Gasteiger partial charge in [-0.2, -0.15) is 0 Å². The van der Waals surface area contributed by atoms with Crippen molar-refractivity contribution in [2.75, 3.05) is 12.1 Å². The second kappa shape index (κ2) is 8.41. The number of carbonyl (C=O) groups is 1. The Morgan fingerprint density at radius 2 is 2.13 bits per heavy atom. The van der Waals surface area contributed by atoms with Crippen LogP contribution in [-0.4, -0.2) is 32.2 Å². The maximum Gasteiger partial charge on any atom is 0.274 e. The molecule has 0 aliphatic carbocycles. The molecule has 0 saturated heterocycles. The fraction of sp³-hybridized carbons (Fsp3) is 0.0909. The third kappa shape index (κ3) is 4.31. The molecule has 0 spiro atoms. The third-order valence-corrected chi connectivity index (χ3v) is 5.38. The third-order valence-electron chi connectivity index (χ3n) is 4.60. The lowest BCUT2D eigenvalue weighted by atomic mass is 10.2. The van der Waals surface area contributed by atoms with Crippen LogP contribution < -0.4 is 14.8 Å². The Kier molecular flexibility index (Phi) is 5.16. The SMILES string of the molecule is O=C(Nc1nc(/C=C/c2cnc3c(c2)OCO3)cs1)c1cccn1Cc1ccncc1. The normalized spacial score (nSPS) is 12.4. The predicted octanol–water partition coefficient (Wildman–Crippen LogP) is 3.93. The molecule has 1 N–H and O–H groups in total. The zero-order valence-corrected chi connectivity index (χ0v) is 17.1. The number of hydrogen-bond acceptors (Lipinski definition) is 7. The summed E-state index contributed by atoms with van der Waals surface area (Å²) in [5.41, 5.74) is 3.25. The van der Waals surface area contributed by atoms with Crippen LogP contribution in [0.3, 0.4) is 0 Å². The molecule has 154 valence electrons. The first-order valence-electron chi connectivity index (χ1n) is 9.49. The molecule has 1 aliphatic heterocycles. The van der Waals surface area contributed by atoms with Crippen molar-refractivity contribution >= 4 is 34.5 Å². The highest BCUT2D eigenvalue weighted by Gasteiger charge is 2.15. The first-order valence-corrected chi connectivity index (χ1v) is 10.4. The lowest BCUT2D eigenvalue weighted by Gasteiger charge is -2.08. The van der Waals surface area contributed by atoms with E-state index < -0.39 is 0 Å². The maximum atomic E-state index is 12.8. The van der Waals surface area contributed by atoms with E-state index in [1.54, 1.807) is 24.7 Å². The summed E-state index contributed by atoms with van der Waals surface area (Å²) in [5, 5.41) is 5.29. The van der Waals surface area contributed by atoms with Gasteiger partial charge < -0.3 is 14.0 Å². The lowest BCUT2D eigenvalue weighted by Crippen LogP contribution is -2.17. The molecule has 0 unspecified atom stereocenters. The van der Waals surface area contributed by atoms with E-state index in [4.69, 9.17) is 9.47 Å². The van der Waals surface area contributed by atoms with E-state index in [1.165, 1.54) is 11.3 Å². The topological polar surface area (TPSA) is 91.2 Å². The quantitative estimate of drug-likeness (QED) is 0.497. The number of rotatable bonds is 6. The Labute approximate surface area is 181 Å². The number of nitrogens with one attached hydrogen (secondary N) is 1. The number of amides is 1. The van der Waals surface area contributed by atoms with Crippen LogP contribution in [0.4, 0.5) is 5.13 Å². The Bertz CT molecular complexity index is 1250. The highest BCUT2D eigenvalue weighted by atomic mass is 32.1. The van der Waals surface area contributed by atoms with Crippen molar-refractivity contribution in [3.05, 3.63) is 83.0 Å². The number of carbonyl (C=O) groups excluding carboxylic acids is 1. The monoisotopic (exact) mass is 431 g/mol. The van der Waals surface area contributed by atoms with Crippen LogP contribution in [0.2, 0.25) is 0 Å². The minimum absolute atomic E-state index is 0.191. The number of fused-ring (bicyclic) bond motifs is 1. The van der Waals surface area contributed by atoms with Gasteiger partial charge in [-0.1, -0.05) is 6.08 Å². The molecule has 1 aliphatic rings. The molecule has 0 aromatic carbocycles. The number of pyridine rings is 2. The second-order valence-electron chi connectivity index (χ2n) is 6.72. The van der Waals surface area contributed by atoms with Crippen LogP contribution in [0.5, 0.6) is 11.6 Å². The van der Waals surface area contributed by atoms with Gasteiger partial charge in [-0.15, -0.1) is 11.3 Å². The van der Waals surface area contributed by atoms with E-state index >= 15 is 0 Å². The van der Waals surface area contributed by atoms with Crippen molar-refractivity contribution in [1.29, 1.82) is 0 Å². The molecule has 1 amide bonds. The molecular formula is C22H17N5O3S. The maximum absolute atomic E-state index is 12.8. The minimum atomic E-state index is -0.205. The van der Waals surface area contributed by atoms with Gasteiger partial charge in [-0.25, -0.2) is 9.97 Å². The summed E-state index contributed by atoms with van der Waals surface area (Å²) in [5.74, 6) is 0.927. The van der Waals surface area contributed by atoms with Gasteiger partial charge in [0.15, 0.2) is 10.9 Å². The van der Waals surface area contributed by atoms with Gasteiger partial charge in [0.25, 0.3) is 11.8 Å². The molecule has 0 saturated carbocycles. The minimum Gasteiger partial charge on any atom is -0.452 e. The average molecular weight is 431 g/mol. The summed E-state index contributed by atoms with van der Waals surface area (Å²) in [7, 11) is 0. The van der Waals surface area contributed by atoms with Crippen molar-refractivity contribution in [1.82, 2.24) is 19.5 Å². The van der Waals surface area contributed by atoms with E-state index in [1.807, 2.05) is 52.6 Å². The number of ether oxygens (including phenoxy) is 2. The summed E-state index contributed by atoms with van der Waals surface area (Å²) in [6.45, 7) is 0.782. The first-order chi connectivity index (χ1) is 15.2. The van der Waals surface area contributed by atoms with Crippen LogP contribution in [0.1, 0.15) is 27.3 Å². The van der Waals surface area contributed by atoms with E-state index in [2.05, 4.69) is 20.3 Å². The molecule has 5 heterocycles. The number of aromatic nitrogens is 4. The molecule has 0 fully saturated rings. The molecule has 5 rings (SSSR count). The Balaban J connectivity index is 1.25. The van der Waals surface area contributed by atoms with Gasteiger partial charge in [0.05, 0.1) is 5.69 Å². The first kappa shape index (κ1) is 19.0. The number of hydrogen-bond donors (Lipinski definition) is 1. The Morgan fingerprint density at radius 3 is 3.03 bits per heavy atom. The summed E-state index contributed by atoms with van der Waals surface area (Å²) in [4.78, 5) is 25.4. The van der Waals surface area contributed by atoms with Crippen molar-refractivity contribution in [2.45, 2.75) is 6.54 Å². The second-order valence-corrected chi connectivity index (χ2v) is 7.58. The largest absolute Gasteiger partial charge is 0.452 e. The molecule has 0 radical (unpaired) electrons. The summed E-state index contributed by atoms with van der Waals surface area (Å²) >= 11 is 1.37. The molecule has 4 aromatic heterocycles. The highest BCUT2D eigenvalue weighted by molar-refractivity contribution is 7.14. The van der Waals surface area contributed by atoms with Crippen LogP contribution in [0, 0.1) is 0 Å². The number of nitrogens with zero attached hydrogens (tertiary/aromatic N) is 4. The predicted molar refractivity (Wildman–Crippen MR) is 117 cm³/mol. The molecule has 0 bridgehead atoms. The van der Waals surface area contributed by atoms with E-state index in [9.17, 15) is 4.79 Å². The summed E-state index contributed by atoms with van der Waals surface area (Å²) < 4.78 is 12.4. The molecule has 4 aromatic rings. The molecule has 31 heavy (non-hydrogen) atoms. The van der Waals surface area contributed by atoms with Gasteiger partial charge in [0.1, 0.15) is 5.69 Å². The summed E-state index contributed by atoms with van der Waals surface area (Å²) in [6.07, 6.45) is 10.8. The van der Waals surface area contributed by atoms with Crippen molar-refractivity contribution in [2.24, 2.45) is 0 Å². The Hall–Kier alpha value is -3.98. The van der Waals surface area contributed by atoms with Crippen molar-refractivity contribution < 1.29 is 14.3 Å². The van der Waals surface area contributed by atoms with Gasteiger partial charge >= 0.3 is 0 Å². The highest BCUT2D eigenvalue weighted by Crippen LogP contribution is 2.30. The van der Waals surface area contributed by atoms with E-state index in [-0.39, 0.29) is 12.7 Å². The fourth-order valence-corrected chi connectivity index (χ4v) is 3.78. The van der Waals surface area contributed by atoms with Gasteiger partial charge in [0.2, 0.25) is 6.79 Å². The lowest BCUT2D eigenvalue weighted by molar-refractivity contribution is 0.101. The van der Waals surface area contributed by atoms with Gasteiger partial charge in [-0.3, -0.25) is 15.1 Å². The van der Waals surface area contributed by atoms with Crippen molar-refractivity contribution in [3.8, 4) is 11.6 Å². The smallest absolute Gasteiger partial charge is 0.274 e. The van der Waals surface area contributed by atoms with E-state index in [0.29, 0.717) is 29.0 Å². The molecule has 0 atom stereocenters. The van der Waals surface area contributed by atoms with E-state index in [0.717, 1.165) is 16.8 Å². The van der Waals surface area contributed by atoms with Crippen LogP contribution in [0.25, 0.3) is 12.2 Å². The average Bonchev–Trinajstić information content (AvgIpc) is 3.53. The van der Waals surface area contributed by atoms with Gasteiger partial charge in [0, 0.05) is 36.7 Å². The van der Waals surface area contributed by atoms with Crippen LogP contribution >= 0.6 is 11.3 Å².